The van der Waals surface area contributed by atoms with Crippen molar-refractivity contribution in [2.75, 3.05) is 13.2 Å². The van der Waals surface area contributed by atoms with Gasteiger partial charge in [0.1, 0.15) is 0 Å². The van der Waals surface area contributed by atoms with Crippen LogP contribution in [0.3, 0.4) is 0 Å². The Kier molecular flexibility index (Phi) is 14.9. The van der Waals surface area contributed by atoms with Crippen molar-refractivity contribution in [1.82, 2.24) is 0 Å². The Morgan fingerprint density at radius 2 is 1.28 bits per heavy atom. The third kappa shape index (κ3) is 11.5. The predicted molar refractivity (Wildman–Crippen MR) is 220 cm³/mol. The van der Waals surface area contributed by atoms with E-state index in [0.29, 0.717) is 13.2 Å². The van der Waals surface area contributed by atoms with Gasteiger partial charge in [-0.1, -0.05) is 138 Å². The smallest absolute Gasteiger partial charge is 0.261 e. The first-order valence-electron chi connectivity index (χ1n) is 19.0. The van der Waals surface area contributed by atoms with Crippen LogP contribution >= 0.6 is 0 Å². The van der Waals surface area contributed by atoms with Crippen molar-refractivity contribution in [3.63, 3.8) is 0 Å². The Morgan fingerprint density at radius 3 is 1.82 bits per heavy atom. The second-order valence-corrected chi connectivity index (χ2v) is 26.8. The van der Waals surface area contributed by atoms with Crippen LogP contribution in [0.2, 0.25) is 23.2 Å². The average molecular weight is 719 g/mol. The molecule has 3 rings (SSSR count). The fraction of sp³-hybridized carbons (Fsp3) is 0.591. The van der Waals surface area contributed by atoms with E-state index in [4.69, 9.17) is 18.3 Å². The first-order valence-corrected chi connectivity index (χ1v) is 23.8. The van der Waals surface area contributed by atoms with Crippen LogP contribution < -0.4 is 10.4 Å². The summed E-state index contributed by atoms with van der Waals surface area (Å²) in [7, 11) is -4.25. The van der Waals surface area contributed by atoms with Crippen molar-refractivity contribution in [2.45, 2.75) is 155 Å². The highest BCUT2D eigenvalue weighted by molar-refractivity contribution is 6.99. The van der Waals surface area contributed by atoms with Crippen LogP contribution in [0.15, 0.2) is 96.1 Å². The van der Waals surface area contributed by atoms with E-state index in [1.54, 1.807) is 0 Å². The Balaban J connectivity index is 1.58. The van der Waals surface area contributed by atoms with Crippen molar-refractivity contribution >= 4 is 27.0 Å². The van der Waals surface area contributed by atoms with E-state index in [-0.39, 0.29) is 21.8 Å². The number of allylic oxidation sites excluding steroid dienone is 4. The van der Waals surface area contributed by atoms with Gasteiger partial charge in [-0.2, -0.15) is 0 Å². The van der Waals surface area contributed by atoms with Gasteiger partial charge in [-0.25, -0.2) is 0 Å². The van der Waals surface area contributed by atoms with Crippen molar-refractivity contribution in [1.29, 1.82) is 0 Å². The summed E-state index contributed by atoms with van der Waals surface area (Å²) in [5.41, 5.74) is 2.43. The number of benzene rings is 2. The van der Waals surface area contributed by atoms with E-state index in [0.717, 1.165) is 38.5 Å². The fourth-order valence-electron chi connectivity index (χ4n) is 6.90. The van der Waals surface area contributed by atoms with Gasteiger partial charge in [0, 0.05) is 0 Å². The first-order chi connectivity index (χ1) is 23.2. The molecule has 1 fully saturated rings. The first kappa shape index (κ1) is 42.3. The van der Waals surface area contributed by atoms with E-state index >= 15 is 0 Å². The van der Waals surface area contributed by atoms with Crippen LogP contribution in [0.5, 0.6) is 0 Å². The van der Waals surface area contributed by atoms with Gasteiger partial charge < -0.3 is 18.3 Å². The highest BCUT2D eigenvalue weighted by atomic mass is 28.4. The quantitative estimate of drug-likeness (QED) is 0.121. The van der Waals surface area contributed by atoms with Crippen LogP contribution in [0.4, 0.5) is 0 Å². The molecule has 0 spiro atoms. The van der Waals surface area contributed by atoms with E-state index in [1.165, 1.54) is 21.5 Å². The van der Waals surface area contributed by atoms with E-state index < -0.39 is 22.4 Å². The summed E-state index contributed by atoms with van der Waals surface area (Å²) in [5, 5.41) is 2.83. The zero-order chi connectivity index (χ0) is 37.3. The summed E-state index contributed by atoms with van der Waals surface area (Å²) in [4.78, 5) is 0. The van der Waals surface area contributed by atoms with Crippen LogP contribution in [-0.2, 0) is 18.3 Å². The van der Waals surface area contributed by atoms with E-state index in [2.05, 4.69) is 160 Å². The highest BCUT2D eigenvalue weighted by Crippen LogP contribution is 2.42. The molecule has 2 aromatic rings. The molecule has 50 heavy (non-hydrogen) atoms. The maximum absolute atomic E-state index is 7.12. The minimum absolute atomic E-state index is 0.0379. The van der Waals surface area contributed by atoms with Crippen LogP contribution in [-0.4, -0.2) is 47.3 Å². The van der Waals surface area contributed by atoms with Crippen molar-refractivity contribution in [3.8, 4) is 0 Å². The molecule has 2 aromatic carbocycles. The number of hydrogen-bond donors (Lipinski definition) is 0. The van der Waals surface area contributed by atoms with Crippen molar-refractivity contribution in [2.24, 2.45) is 0 Å². The lowest BCUT2D eigenvalue weighted by molar-refractivity contribution is -0.161. The maximum Gasteiger partial charge on any atom is 0.261 e. The normalized spacial score (nSPS) is 20.9. The summed E-state index contributed by atoms with van der Waals surface area (Å²) in [5.74, 6) is -0.584. The molecule has 0 saturated carbocycles. The van der Waals surface area contributed by atoms with E-state index in [1.807, 2.05) is 13.8 Å². The Bertz CT molecular complexity index is 1370. The molecule has 278 valence electrons. The SMILES string of the molecule is CC(=CCC[C@]1(C)OC(C)(C)OC1CCC(C)=CCO[Si](c1ccccc1)(c1ccccc1)C(C)(C)C)CCC=CCO[Si](C)(C)C(C)(C)C. The zero-order valence-electron chi connectivity index (χ0n) is 34.0. The minimum Gasteiger partial charge on any atom is -0.413 e. The average Bonchev–Trinajstić information content (AvgIpc) is 3.26. The maximum atomic E-state index is 7.12. The Morgan fingerprint density at radius 1 is 0.720 bits per heavy atom. The molecule has 1 unspecified atom stereocenters. The fourth-order valence-corrected chi connectivity index (χ4v) is 12.3. The molecule has 0 aromatic heterocycles. The highest BCUT2D eigenvalue weighted by Gasteiger charge is 2.50. The van der Waals surface area contributed by atoms with Crippen molar-refractivity contribution in [3.05, 3.63) is 96.1 Å². The molecule has 0 amide bonds. The van der Waals surface area contributed by atoms with Gasteiger partial charge in [0.2, 0.25) is 0 Å². The summed E-state index contributed by atoms with van der Waals surface area (Å²) in [6, 6.07) is 21.8. The molecule has 6 heteroatoms. The largest absolute Gasteiger partial charge is 0.413 e. The predicted octanol–water partition coefficient (Wildman–Crippen LogP) is 11.3. The van der Waals surface area contributed by atoms with Gasteiger partial charge in [0.15, 0.2) is 14.1 Å². The van der Waals surface area contributed by atoms with Gasteiger partial charge >= 0.3 is 0 Å². The Hall–Kier alpha value is -2.07. The molecule has 0 aliphatic carbocycles. The molecule has 1 saturated heterocycles. The molecule has 0 bridgehead atoms. The minimum atomic E-state index is -2.56. The van der Waals surface area contributed by atoms with Crippen LogP contribution in [0.25, 0.3) is 0 Å². The molecule has 1 aliphatic heterocycles. The van der Waals surface area contributed by atoms with E-state index in [9.17, 15) is 0 Å². The summed E-state index contributed by atoms with van der Waals surface area (Å²) >= 11 is 0. The molecular weight excluding hydrogens is 649 g/mol. The van der Waals surface area contributed by atoms with Gasteiger partial charge in [-0.3, -0.25) is 0 Å². The lowest BCUT2D eigenvalue weighted by atomic mass is 9.89. The van der Waals surface area contributed by atoms with Crippen LogP contribution in [0, 0.1) is 0 Å². The van der Waals surface area contributed by atoms with Gasteiger partial charge in [-0.05, 0) is 107 Å². The summed E-state index contributed by atoms with van der Waals surface area (Å²) in [6.07, 6.45) is 15.1. The van der Waals surface area contributed by atoms with Gasteiger partial charge in [-0.15, -0.1) is 0 Å². The Labute approximate surface area is 309 Å². The topological polar surface area (TPSA) is 36.9 Å². The second kappa shape index (κ2) is 17.6. The second-order valence-electron chi connectivity index (χ2n) is 17.7. The molecule has 4 nitrogen and oxygen atoms in total. The number of ether oxygens (including phenoxy) is 2. The standard InChI is InChI=1S/C44H70O4Si2/c1-36(24-17-16-22-34-45-49(12,13)41(3,4)5)25-23-33-44(11)40(47-43(9,10)48-44)31-30-37(2)32-35-46-50(42(6,7)8,38-26-18-14-19-27-38)39-28-20-15-21-29-39/h14-16,18-22,25-29,32,40H,17,23-24,30-31,33-35H2,1-13H3/t40?,44-/m0/s1. The lowest BCUT2D eigenvalue weighted by Crippen LogP contribution is -2.66. The molecule has 1 heterocycles. The van der Waals surface area contributed by atoms with Crippen molar-refractivity contribution < 1.29 is 18.3 Å². The lowest BCUT2D eigenvalue weighted by Gasteiger charge is -2.42. The van der Waals surface area contributed by atoms with Crippen LogP contribution in [0.1, 0.15) is 115 Å². The summed E-state index contributed by atoms with van der Waals surface area (Å²) in [6.45, 7) is 30.6. The zero-order valence-corrected chi connectivity index (χ0v) is 36.0. The third-order valence-electron chi connectivity index (χ3n) is 10.9. The molecular formula is C44H70O4Si2. The molecule has 0 N–H and O–H groups in total. The van der Waals surface area contributed by atoms with Gasteiger partial charge in [0.05, 0.1) is 24.9 Å². The third-order valence-corrected chi connectivity index (χ3v) is 20.4. The number of rotatable bonds is 17. The molecule has 0 radical (unpaired) electrons. The molecule has 2 atom stereocenters. The molecule has 1 aliphatic rings. The monoisotopic (exact) mass is 718 g/mol. The number of hydrogen-bond acceptors (Lipinski definition) is 4. The van der Waals surface area contributed by atoms with Gasteiger partial charge in [0.25, 0.3) is 8.32 Å². The summed E-state index contributed by atoms with van der Waals surface area (Å²) < 4.78 is 26.5.